The van der Waals surface area contributed by atoms with Crippen LogP contribution in [0.3, 0.4) is 0 Å². The molecule has 1 saturated heterocycles. The molecule has 0 N–H and O–H groups in total. The van der Waals surface area contributed by atoms with Crippen molar-refractivity contribution in [3.05, 3.63) is 39.2 Å². The van der Waals surface area contributed by atoms with E-state index in [1.165, 1.54) is 11.0 Å². The van der Waals surface area contributed by atoms with Gasteiger partial charge in [-0.3, -0.25) is 4.79 Å². The zero-order chi connectivity index (χ0) is 15.6. The molecule has 0 bridgehead atoms. The van der Waals surface area contributed by atoms with Gasteiger partial charge in [-0.15, -0.1) is 0 Å². The lowest BCUT2D eigenvalue weighted by atomic mass is 10.1. The highest BCUT2D eigenvalue weighted by Gasteiger charge is 2.35. The van der Waals surface area contributed by atoms with E-state index >= 15 is 0 Å². The minimum absolute atomic E-state index is 0.137. The Labute approximate surface area is 122 Å². The minimum atomic E-state index is -4.58. The average molecular weight is 319 g/mol. The first-order chi connectivity index (χ1) is 9.82. The second kappa shape index (κ2) is 5.83. The Balaban J connectivity index is 2.26. The fourth-order valence-electron chi connectivity index (χ4n) is 2.20. The number of rotatable bonds is 3. The molecule has 1 fully saturated rings. The average Bonchev–Trinajstić information content (AvgIpc) is 2.77. The smallest absolute Gasteiger partial charge is 0.312 e. The summed E-state index contributed by atoms with van der Waals surface area (Å²) in [6.07, 6.45) is -4.44. The van der Waals surface area contributed by atoms with E-state index in [0.29, 0.717) is 0 Å². The molecule has 1 aromatic rings. The maximum absolute atomic E-state index is 12.8. The van der Waals surface area contributed by atoms with Crippen molar-refractivity contribution in [3.63, 3.8) is 0 Å². The molecule has 1 atom stereocenters. The van der Waals surface area contributed by atoms with E-state index in [9.17, 15) is 18.0 Å². The van der Waals surface area contributed by atoms with Gasteiger partial charge in [0.2, 0.25) is 5.91 Å². The molecule has 2 rings (SSSR count). The molecule has 0 aromatic heterocycles. The molecule has 1 heterocycles. The van der Waals surface area contributed by atoms with Crippen molar-refractivity contribution in [2.24, 2.45) is 11.0 Å². The number of amides is 1. The van der Waals surface area contributed by atoms with E-state index in [2.05, 4.69) is 10.0 Å². The summed E-state index contributed by atoms with van der Waals surface area (Å²) in [5, 5.41) is 2.97. The lowest BCUT2D eigenvalue weighted by Gasteiger charge is -2.19. The van der Waals surface area contributed by atoms with E-state index in [0.717, 1.165) is 12.1 Å². The fraction of sp³-hybridized carbons (Fsp3) is 0.417. The van der Waals surface area contributed by atoms with Gasteiger partial charge in [-0.1, -0.05) is 16.7 Å². The molecule has 112 valence electrons. The van der Waals surface area contributed by atoms with Crippen LogP contribution in [0.4, 0.5) is 18.9 Å². The van der Waals surface area contributed by atoms with Crippen LogP contribution < -0.4 is 4.90 Å². The Bertz CT molecular complexity index is 613. The molecule has 0 saturated carbocycles. The number of hydrogen-bond donors (Lipinski definition) is 0. The van der Waals surface area contributed by atoms with Crippen molar-refractivity contribution in [2.75, 3.05) is 18.0 Å². The third kappa shape index (κ3) is 3.40. The molecule has 21 heavy (non-hydrogen) atoms. The maximum atomic E-state index is 12.8. The maximum Gasteiger partial charge on any atom is 0.417 e. The van der Waals surface area contributed by atoms with Crippen molar-refractivity contribution in [2.45, 2.75) is 12.6 Å². The Hall–Kier alpha value is -1.92. The van der Waals surface area contributed by atoms with E-state index < -0.39 is 16.8 Å². The zero-order valence-electron chi connectivity index (χ0n) is 10.6. The number of azide groups is 1. The molecular weight excluding hydrogens is 309 g/mol. The van der Waals surface area contributed by atoms with Crippen LogP contribution in [0.5, 0.6) is 0 Å². The molecule has 1 aromatic carbocycles. The van der Waals surface area contributed by atoms with Gasteiger partial charge in [0, 0.05) is 30.1 Å². The van der Waals surface area contributed by atoms with Crippen molar-refractivity contribution in [1.29, 1.82) is 0 Å². The third-order valence-electron chi connectivity index (χ3n) is 3.18. The van der Waals surface area contributed by atoms with E-state index in [-0.39, 0.29) is 37.0 Å². The molecule has 1 aliphatic heterocycles. The summed E-state index contributed by atoms with van der Waals surface area (Å²) in [5.74, 6) is -0.498. The second-order valence-corrected chi connectivity index (χ2v) is 5.06. The number of carbonyl (C=O) groups is 1. The summed E-state index contributed by atoms with van der Waals surface area (Å²) < 4.78 is 38.4. The van der Waals surface area contributed by atoms with Crippen LogP contribution in [-0.4, -0.2) is 19.0 Å². The summed E-state index contributed by atoms with van der Waals surface area (Å²) in [5.41, 5.74) is 7.41. The molecule has 1 amide bonds. The Morgan fingerprint density at radius 3 is 2.81 bits per heavy atom. The number of anilines is 1. The Kier molecular flexibility index (Phi) is 4.29. The van der Waals surface area contributed by atoms with Crippen LogP contribution in [-0.2, 0) is 11.0 Å². The first-order valence-corrected chi connectivity index (χ1v) is 6.38. The Morgan fingerprint density at radius 2 is 2.19 bits per heavy atom. The molecule has 1 unspecified atom stereocenters. The fourth-order valence-corrected chi connectivity index (χ4v) is 2.43. The van der Waals surface area contributed by atoms with Gasteiger partial charge >= 0.3 is 6.18 Å². The van der Waals surface area contributed by atoms with Crippen LogP contribution in [0.1, 0.15) is 12.0 Å². The quantitative estimate of drug-likeness (QED) is 0.471. The van der Waals surface area contributed by atoms with E-state index in [1.807, 2.05) is 0 Å². The van der Waals surface area contributed by atoms with Crippen molar-refractivity contribution in [3.8, 4) is 0 Å². The first-order valence-electron chi connectivity index (χ1n) is 6.01. The second-order valence-electron chi connectivity index (χ2n) is 4.65. The molecule has 0 aliphatic carbocycles. The van der Waals surface area contributed by atoms with Gasteiger partial charge in [0.15, 0.2) is 0 Å². The molecule has 1 aliphatic rings. The third-order valence-corrected chi connectivity index (χ3v) is 3.50. The minimum Gasteiger partial charge on any atom is -0.312 e. The van der Waals surface area contributed by atoms with Crippen LogP contribution in [0.15, 0.2) is 23.3 Å². The monoisotopic (exact) mass is 318 g/mol. The standard InChI is InChI=1S/C12H10ClF3N4O/c13-10-2-1-8(4-9(10)12(14,15)16)20-6-7(3-11(20)21)5-18-19-17/h1-2,4,7H,3,5-6H2. The van der Waals surface area contributed by atoms with E-state index in [4.69, 9.17) is 17.1 Å². The SMILES string of the molecule is [N-]=[N+]=NCC1CC(=O)N(c2ccc(Cl)c(C(F)(F)F)c2)C1. The van der Waals surface area contributed by atoms with Crippen molar-refractivity contribution < 1.29 is 18.0 Å². The number of carbonyl (C=O) groups excluding carboxylic acids is 1. The first kappa shape index (κ1) is 15.5. The lowest BCUT2D eigenvalue weighted by molar-refractivity contribution is -0.137. The van der Waals surface area contributed by atoms with Crippen LogP contribution in [0, 0.1) is 5.92 Å². The topological polar surface area (TPSA) is 69.1 Å². The van der Waals surface area contributed by atoms with Crippen molar-refractivity contribution in [1.82, 2.24) is 0 Å². The van der Waals surface area contributed by atoms with Crippen molar-refractivity contribution >= 4 is 23.2 Å². The van der Waals surface area contributed by atoms with Crippen LogP contribution in [0.25, 0.3) is 10.4 Å². The number of hydrogen-bond acceptors (Lipinski definition) is 2. The molecule has 0 spiro atoms. The van der Waals surface area contributed by atoms with Crippen LogP contribution in [0.2, 0.25) is 5.02 Å². The highest BCUT2D eigenvalue weighted by atomic mass is 35.5. The molecule has 5 nitrogen and oxygen atoms in total. The van der Waals surface area contributed by atoms with Gasteiger partial charge in [-0.05, 0) is 29.6 Å². The summed E-state index contributed by atoms with van der Waals surface area (Å²) in [7, 11) is 0. The molecule has 0 radical (unpaired) electrons. The number of halogens is 4. The van der Waals surface area contributed by atoms with Gasteiger partial charge in [0.1, 0.15) is 0 Å². The Morgan fingerprint density at radius 1 is 1.48 bits per heavy atom. The van der Waals surface area contributed by atoms with E-state index in [1.54, 1.807) is 0 Å². The van der Waals surface area contributed by atoms with Gasteiger partial charge in [0.05, 0.1) is 10.6 Å². The predicted octanol–water partition coefficient (Wildman–Crippen LogP) is 4.02. The summed E-state index contributed by atoms with van der Waals surface area (Å²) in [6.45, 7) is 0.356. The van der Waals surface area contributed by atoms with Gasteiger partial charge in [-0.2, -0.15) is 13.2 Å². The number of alkyl halides is 3. The highest BCUT2D eigenvalue weighted by Crippen LogP contribution is 2.38. The van der Waals surface area contributed by atoms with Gasteiger partial charge in [0.25, 0.3) is 0 Å². The number of nitrogens with zero attached hydrogens (tertiary/aromatic N) is 4. The largest absolute Gasteiger partial charge is 0.417 e. The predicted molar refractivity (Wildman–Crippen MR) is 70.9 cm³/mol. The summed E-state index contributed by atoms with van der Waals surface area (Å²) in [4.78, 5) is 15.7. The lowest BCUT2D eigenvalue weighted by Crippen LogP contribution is -2.25. The normalized spacial score (nSPS) is 18.8. The molecular formula is C12H10ClF3N4O. The van der Waals surface area contributed by atoms with Gasteiger partial charge < -0.3 is 4.90 Å². The summed E-state index contributed by atoms with van der Waals surface area (Å²) in [6, 6.07) is 3.34. The zero-order valence-corrected chi connectivity index (χ0v) is 11.4. The number of benzene rings is 1. The summed E-state index contributed by atoms with van der Waals surface area (Å²) >= 11 is 5.54. The molecule has 9 heteroatoms. The highest BCUT2D eigenvalue weighted by molar-refractivity contribution is 6.31. The van der Waals surface area contributed by atoms with Gasteiger partial charge in [-0.25, -0.2) is 0 Å². The van der Waals surface area contributed by atoms with Crippen LogP contribution >= 0.6 is 11.6 Å².